The van der Waals surface area contributed by atoms with Crippen molar-refractivity contribution in [1.29, 1.82) is 0 Å². The molecular formula is C4H5Br2NaO4. The molecule has 2 unspecified atom stereocenters. The van der Waals surface area contributed by atoms with E-state index in [1.54, 1.807) is 0 Å². The minimum atomic E-state index is -1.20. The van der Waals surface area contributed by atoms with Crippen molar-refractivity contribution in [1.82, 2.24) is 0 Å². The number of carboxylic acid groups (broad SMARTS) is 2. The van der Waals surface area contributed by atoms with Crippen LogP contribution < -0.4 is 0 Å². The van der Waals surface area contributed by atoms with Crippen LogP contribution in [-0.4, -0.2) is 61.4 Å². The summed E-state index contributed by atoms with van der Waals surface area (Å²) in [4.78, 5) is 18.0. The standard InChI is InChI=1S/C4H4Br2O4.Na.H/c5-1(3(7)8)2(6)4(9)10;;/h1-2H,(H,7,8)(H,9,10);;. The Labute approximate surface area is 102 Å². The Morgan fingerprint density at radius 2 is 1.18 bits per heavy atom. The summed E-state index contributed by atoms with van der Waals surface area (Å²) >= 11 is 5.36. The van der Waals surface area contributed by atoms with Crippen molar-refractivity contribution < 1.29 is 19.8 Å². The molecule has 0 aliphatic carbocycles. The van der Waals surface area contributed by atoms with E-state index < -0.39 is 21.6 Å². The molecule has 0 aromatic carbocycles. The van der Waals surface area contributed by atoms with Crippen LogP contribution in [0, 0.1) is 0 Å². The van der Waals surface area contributed by atoms with E-state index in [1.165, 1.54) is 0 Å². The molecule has 0 amide bonds. The van der Waals surface area contributed by atoms with Gasteiger partial charge in [0.25, 0.3) is 0 Å². The number of carbonyl (C=O) groups is 2. The number of carboxylic acids is 2. The molecule has 0 bridgehead atoms. The van der Waals surface area contributed by atoms with Gasteiger partial charge in [0, 0.05) is 0 Å². The maximum atomic E-state index is 10.1. The van der Waals surface area contributed by atoms with E-state index in [0.29, 0.717) is 0 Å². The predicted molar refractivity (Wildman–Crippen MR) is 47.9 cm³/mol. The van der Waals surface area contributed by atoms with Gasteiger partial charge < -0.3 is 10.2 Å². The van der Waals surface area contributed by atoms with Gasteiger partial charge in [0.05, 0.1) is 0 Å². The van der Waals surface area contributed by atoms with E-state index in [-0.39, 0.29) is 29.6 Å². The molecular weight excluding hydrogens is 295 g/mol. The number of rotatable bonds is 3. The Morgan fingerprint density at radius 1 is 1.00 bits per heavy atom. The van der Waals surface area contributed by atoms with Crippen LogP contribution in [0.2, 0.25) is 0 Å². The zero-order valence-corrected chi connectivity index (χ0v) is 7.79. The van der Waals surface area contributed by atoms with Crippen molar-refractivity contribution in [3.8, 4) is 0 Å². The van der Waals surface area contributed by atoms with Gasteiger partial charge in [-0.1, -0.05) is 31.9 Å². The third-order valence-corrected chi connectivity index (χ3v) is 3.28. The van der Waals surface area contributed by atoms with Crippen LogP contribution in [0.25, 0.3) is 0 Å². The van der Waals surface area contributed by atoms with Crippen LogP contribution in [0.15, 0.2) is 0 Å². The predicted octanol–water partition coefficient (Wildman–Crippen LogP) is 0.0341. The monoisotopic (exact) mass is 298 g/mol. The first-order valence-corrected chi connectivity index (χ1v) is 4.03. The van der Waals surface area contributed by atoms with E-state index in [2.05, 4.69) is 31.9 Å². The number of hydrogen-bond donors (Lipinski definition) is 2. The van der Waals surface area contributed by atoms with Gasteiger partial charge in [0.1, 0.15) is 9.65 Å². The first kappa shape index (κ1) is 14.4. The Kier molecular flexibility index (Phi) is 8.42. The van der Waals surface area contributed by atoms with Crippen LogP contribution in [0.1, 0.15) is 0 Å². The normalized spacial score (nSPS) is 14.4. The second-order valence-electron chi connectivity index (χ2n) is 1.48. The third kappa shape index (κ3) is 5.19. The van der Waals surface area contributed by atoms with E-state index in [0.717, 1.165) is 0 Å². The molecule has 0 aromatic heterocycles. The third-order valence-electron chi connectivity index (χ3n) is 0.729. The fraction of sp³-hybridized carbons (Fsp3) is 0.500. The van der Waals surface area contributed by atoms with E-state index in [4.69, 9.17) is 10.2 Å². The van der Waals surface area contributed by atoms with Crippen LogP contribution in [0.3, 0.4) is 0 Å². The summed E-state index contributed by atoms with van der Waals surface area (Å²) in [5.41, 5.74) is 0. The number of alkyl halides is 2. The van der Waals surface area contributed by atoms with Crippen LogP contribution in [0.5, 0.6) is 0 Å². The summed E-state index contributed by atoms with van der Waals surface area (Å²) in [5, 5.41) is 16.5. The van der Waals surface area contributed by atoms with Gasteiger partial charge >= 0.3 is 41.5 Å². The summed E-state index contributed by atoms with van der Waals surface area (Å²) in [7, 11) is 0. The summed E-state index contributed by atoms with van der Waals surface area (Å²) in [6.07, 6.45) is 0. The molecule has 0 rings (SSSR count). The van der Waals surface area contributed by atoms with Gasteiger partial charge in [-0.25, -0.2) is 0 Å². The van der Waals surface area contributed by atoms with Crippen molar-refractivity contribution in [3.05, 3.63) is 0 Å². The zero-order chi connectivity index (χ0) is 8.31. The van der Waals surface area contributed by atoms with Crippen LogP contribution >= 0.6 is 31.9 Å². The molecule has 4 nitrogen and oxygen atoms in total. The number of hydrogen-bond acceptors (Lipinski definition) is 2. The molecule has 7 heteroatoms. The van der Waals surface area contributed by atoms with Gasteiger partial charge in [-0.3, -0.25) is 9.59 Å². The van der Waals surface area contributed by atoms with Crippen molar-refractivity contribution in [2.24, 2.45) is 0 Å². The summed E-state index contributed by atoms with van der Waals surface area (Å²) < 4.78 is 0. The minimum absolute atomic E-state index is 0. The molecule has 11 heavy (non-hydrogen) atoms. The van der Waals surface area contributed by atoms with Crippen LogP contribution in [-0.2, 0) is 9.59 Å². The van der Waals surface area contributed by atoms with E-state index >= 15 is 0 Å². The number of aliphatic carboxylic acids is 2. The topological polar surface area (TPSA) is 74.6 Å². The Morgan fingerprint density at radius 3 is 1.27 bits per heavy atom. The van der Waals surface area contributed by atoms with E-state index in [1.807, 2.05) is 0 Å². The summed E-state index contributed by atoms with van der Waals surface area (Å²) in [5.74, 6) is -2.41. The molecule has 60 valence electrons. The first-order valence-electron chi connectivity index (χ1n) is 2.20. The Balaban J connectivity index is 0. The Hall–Kier alpha value is 0.900. The van der Waals surface area contributed by atoms with Gasteiger partial charge in [0.2, 0.25) is 0 Å². The fourth-order valence-electron chi connectivity index (χ4n) is 0.250. The van der Waals surface area contributed by atoms with Crippen molar-refractivity contribution in [2.75, 3.05) is 0 Å². The molecule has 0 spiro atoms. The summed E-state index contributed by atoms with van der Waals surface area (Å²) in [6.45, 7) is 0. The van der Waals surface area contributed by atoms with Crippen molar-refractivity contribution in [3.63, 3.8) is 0 Å². The van der Waals surface area contributed by atoms with Gasteiger partial charge in [-0.05, 0) is 0 Å². The molecule has 2 atom stereocenters. The Bertz CT molecular complexity index is 144. The second-order valence-corrected chi connectivity index (χ2v) is 3.45. The van der Waals surface area contributed by atoms with Gasteiger partial charge in [-0.15, -0.1) is 0 Å². The first-order chi connectivity index (χ1) is 4.46. The summed E-state index contributed by atoms with van der Waals surface area (Å²) in [6, 6.07) is 0. The SMILES string of the molecule is O=C(O)C(Br)C(Br)C(=O)O.[NaH]. The second kappa shape index (κ2) is 6.42. The van der Waals surface area contributed by atoms with Crippen LogP contribution in [0.4, 0.5) is 0 Å². The molecule has 0 radical (unpaired) electrons. The molecule has 0 aliphatic heterocycles. The molecule has 0 saturated carbocycles. The average molecular weight is 300 g/mol. The molecule has 0 saturated heterocycles. The number of halogens is 2. The van der Waals surface area contributed by atoms with Crippen molar-refractivity contribution in [2.45, 2.75) is 9.65 Å². The maximum absolute atomic E-state index is 10.1. The zero-order valence-electron chi connectivity index (χ0n) is 4.62. The fourth-order valence-corrected chi connectivity index (χ4v) is 0.703. The molecule has 0 heterocycles. The molecule has 0 aromatic rings. The van der Waals surface area contributed by atoms with Crippen molar-refractivity contribution >= 4 is 73.4 Å². The van der Waals surface area contributed by atoms with E-state index in [9.17, 15) is 9.59 Å². The molecule has 2 N–H and O–H groups in total. The van der Waals surface area contributed by atoms with Gasteiger partial charge in [-0.2, -0.15) is 0 Å². The average Bonchev–Trinajstić information content (AvgIpc) is 1.84. The molecule has 0 aliphatic rings. The van der Waals surface area contributed by atoms with Gasteiger partial charge in [0.15, 0.2) is 0 Å². The molecule has 0 fully saturated rings. The quantitative estimate of drug-likeness (QED) is 0.570.